The Morgan fingerprint density at radius 2 is 0.780 bits per heavy atom. The molecule has 1 heterocycles. The summed E-state index contributed by atoms with van der Waals surface area (Å²) in [6, 6.07) is 74.1. The van der Waals surface area contributed by atoms with Gasteiger partial charge in [-0.15, -0.1) is 0 Å². The molecular formula is C57H40N2. The minimum Gasteiger partial charge on any atom is -0.228 e. The fraction of sp³-hybridized carbons (Fsp3) is 0.0526. The molecule has 0 spiro atoms. The van der Waals surface area contributed by atoms with Crippen LogP contribution in [0.25, 0.3) is 100.0 Å². The van der Waals surface area contributed by atoms with Gasteiger partial charge in [0.25, 0.3) is 0 Å². The molecule has 2 nitrogen and oxygen atoms in total. The summed E-state index contributed by atoms with van der Waals surface area (Å²) in [5.74, 6) is 0.695. The van der Waals surface area contributed by atoms with Crippen LogP contribution in [0.15, 0.2) is 206 Å². The third-order valence-corrected chi connectivity index (χ3v) is 12.3. The zero-order chi connectivity index (χ0) is 39.5. The van der Waals surface area contributed by atoms with Crippen molar-refractivity contribution >= 4 is 21.5 Å². The van der Waals surface area contributed by atoms with Gasteiger partial charge in [-0.25, -0.2) is 9.97 Å². The summed E-state index contributed by atoms with van der Waals surface area (Å²) in [5, 5.41) is 4.98. The summed E-state index contributed by atoms with van der Waals surface area (Å²) in [7, 11) is 0. The first kappa shape index (κ1) is 34.8. The molecule has 0 amide bonds. The van der Waals surface area contributed by atoms with Crippen molar-refractivity contribution in [2.45, 2.75) is 19.3 Å². The first-order valence-corrected chi connectivity index (χ1v) is 20.4. The molecule has 278 valence electrons. The highest BCUT2D eigenvalue weighted by Gasteiger charge is 2.39. The Kier molecular flexibility index (Phi) is 8.20. The number of benzene rings is 9. The lowest BCUT2D eigenvalue weighted by Gasteiger charge is -2.26. The Morgan fingerprint density at radius 1 is 0.305 bits per heavy atom. The first-order chi connectivity index (χ1) is 29.0. The molecule has 2 heteroatoms. The molecule has 0 aliphatic heterocycles. The Labute approximate surface area is 345 Å². The Balaban J connectivity index is 1.10. The van der Waals surface area contributed by atoms with Crippen molar-refractivity contribution in [2.24, 2.45) is 0 Å². The lowest BCUT2D eigenvalue weighted by molar-refractivity contribution is 0.668. The Morgan fingerprint density at radius 3 is 1.51 bits per heavy atom. The maximum absolute atomic E-state index is 5.38. The third-order valence-electron chi connectivity index (χ3n) is 12.3. The van der Waals surface area contributed by atoms with E-state index in [4.69, 9.17) is 9.97 Å². The van der Waals surface area contributed by atoms with E-state index in [0.717, 1.165) is 50.2 Å². The van der Waals surface area contributed by atoms with Crippen LogP contribution < -0.4 is 0 Å². The lowest BCUT2D eigenvalue weighted by Crippen LogP contribution is -2.17. The summed E-state index contributed by atoms with van der Waals surface area (Å²) < 4.78 is 0. The van der Waals surface area contributed by atoms with E-state index in [1.165, 1.54) is 55.1 Å². The van der Waals surface area contributed by atoms with Crippen molar-refractivity contribution in [3.63, 3.8) is 0 Å². The molecule has 0 N–H and O–H groups in total. The summed E-state index contributed by atoms with van der Waals surface area (Å²) in [4.78, 5) is 10.7. The molecule has 0 atom stereocenters. The van der Waals surface area contributed by atoms with E-state index in [1.54, 1.807) is 0 Å². The number of nitrogens with zero attached hydrogens (tertiary/aromatic N) is 2. The van der Waals surface area contributed by atoms with Gasteiger partial charge in [-0.2, -0.15) is 0 Å². The largest absolute Gasteiger partial charge is 0.228 e. The van der Waals surface area contributed by atoms with Gasteiger partial charge in [0, 0.05) is 22.1 Å². The van der Waals surface area contributed by atoms with Crippen molar-refractivity contribution < 1.29 is 0 Å². The van der Waals surface area contributed by atoms with Crippen LogP contribution in [-0.2, 0) is 5.41 Å². The van der Waals surface area contributed by atoms with Crippen molar-refractivity contribution in [1.29, 1.82) is 0 Å². The quantitative estimate of drug-likeness (QED) is 0.169. The number of aromatic nitrogens is 2. The molecule has 0 bridgehead atoms. The number of hydrogen-bond donors (Lipinski definition) is 0. The average molecular weight is 753 g/mol. The predicted molar refractivity (Wildman–Crippen MR) is 247 cm³/mol. The van der Waals surface area contributed by atoms with E-state index in [1.807, 2.05) is 0 Å². The molecule has 9 aromatic carbocycles. The van der Waals surface area contributed by atoms with Crippen LogP contribution in [0.3, 0.4) is 0 Å². The van der Waals surface area contributed by atoms with E-state index in [2.05, 4.69) is 220 Å². The van der Waals surface area contributed by atoms with Crippen LogP contribution in [0.1, 0.15) is 25.0 Å². The normalized spacial score (nSPS) is 12.7. The maximum Gasteiger partial charge on any atom is 0.160 e. The summed E-state index contributed by atoms with van der Waals surface area (Å²) >= 11 is 0. The van der Waals surface area contributed by atoms with E-state index >= 15 is 0 Å². The number of hydrogen-bond acceptors (Lipinski definition) is 2. The average Bonchev–Trinajstić information content (AvgIpc) is 3.55. The molecule has 59 heavy (non-hydrogen) atoms. The van der Waals surface area contributed by atoms with Crippen LogP contribution in [0.4, 0.5) is 0 Å². The minimum absolute atomic E-state index is 0.194. The smallest absolute Gasteiger partial charge is 0.160 e. The van der Waals surface area contributed by atoms with Gasteiger partial charge in [0.05, 0.1) is 11.4 Å². The van der Waals surface area contributed by atoms with Gasteiger partial charge in [0.1, 0.15) is 0 Å². The number of fused-ring (bicyclic) bond motifs is 6. The molecule has 1 aromatic heterocycles. The molecule has 0 saturated heterocycles. The van der Waals surface area contributed by atoms with Crippen molar-refractivity contribution in [2.75, 3.05) is 0 Å². The Hall–Kier alpha value is -7.42. The highest BCUT2D eigenvalue weighted by molar-refractivity contribution is 6.07. The standard InChI is InChI=1S/C57H40N2/c1-57(2)54-43-22-10-9-20-40(43)32-33-51(54)50-27-15-26-49(55(50)57)46-34-35-48(45-24-13-12-23-44(45)46)53-36-52(47-25-14-11-21-42(47)39-18-7-4-8-19-39)58-56(59-53)41-30-28-38(29-31-41)37-16-5-3-6-17-37/h3-36H,1-2H3. The van der Waals surface area contributed by atoms with Crippen molar-refractivity contribution in [3.05, 3.63) is 217 Å². The fourth-order valence-corrected chi connectivity index (χ4v) is 9.60. The first-order valence-electron chi connectivity index (χ1n) is 20.4. The summed E-state index contributed by atoms with van der Waals surface area (Å²) in [6.07, 6.45) is 0. The van der Waals surface area contributed by atoms with Crippen LogP contribution in [0.5, 0.6) is 0 Å². The number of rotatable bonds is 6. The molecule has 0 saturated carbocycles. The van der Waals surface area contributed by atoms with Crippen LogP contribution in [0.2, 0.25) is 0 Å². The Bertz CT molecular complexity index is 3220. The molecule has 10 aromatic rings. The van der Waals surface area contributed by atoms with Gasteiger partial charge in [-0.05, 0) is 83.2 Å². The highest BCUT2D eigenvalue weighted by atomic mass is 14.9. The van der Waals surface area contributed by atoms with Gasteiger partial charge >= 0.3 is 0 Å². The van der Waals surface area contributed by atoms with Gasteiger partial charge < -0.3 is 0 Å². The molecule has 0 fully saturated rings. The van der Waals surface area contributed by atoms with Gasteiger partial charge in [0.15, 0.2) is 5.82 Å². The third kappa shape index (κ3) is 5.79. The topological polar surface area (TPSA) is 25.8 Å². The van der Waals surface area contributed by atoms with Crippen LogP contribution >= 0.6 is 0 Å². The van der Waals surface area contributed by atoms with Crippen molar-refractivity contribution in [3.8, 4) is 78.4 Å². The monoisotopic (exact) mass is 752 g/mol. The van der Waals surface area contributed by atoms with E-state index in [9.17, 15) is 0 Å². The van der Waals surface area contributed by atoms with Gasteiger partial charge in [0.2, 0.25) is 0 Å². The maximum atomic E-state index is 5.38. The lowest BCUT2D eigenvalue weighted by atomic mass is 9.77. The molecule has 0 unspecified atom stereocenters. The predicted octanol–water partition coefficient (Wildman–Crippen LogP) is 15.1. The second-order valence-electron chi connectivity index (χ2n) is 16.1. The summed E-state index contributed by atoms with van der Waals surface area (Å²) in [6.45, 7) is 4.79. The minimum atomic E-state index is -0.194. The molecule has 1 aliphatic rings. The second kappa shape index (κ2) is 13.9. The van der Waals surface area contributed by atoms with E-state index in [-0.39, 0.29) is 5.41 Å². The molecule has 11 rings (SSSR count). The zero-order valence-corrected chi connectivity index (χ0v) is 33.0. The van der Waals surface area contributed by atoms with E-state index < -0.39 is 0 Å². The molecular weight excluding hydrogens is 713 g/mol. The fourth-order valence-electron chi connectivity index (χ4n) is 9.60. The zero-order valence-electron chi connectivity index (χ0n) is 33.0. The molecule has 1 aliphatic carbocycles. The van der Waals surface area contributed by atoms with Gasteiger partial charge in [-0.1, -0.05) is 214 Å². The van der Waals surface area contributed by atoms with Gasteiger partial charge in [-0.3, -0.25) is 0 Å². The van der Waals surface area contributed by atoms with Crippen molar-refractivity contribution in [1.82, 2.24) is 9.97 Å². The second-order valence-corrected chi connectivity index (χ2v) is 16.1. The SMILES string of the molecule is CC1(C)c2c(cccc2-c2ccc(-c3cc(-c4ccccc4-c4ccccc4)nc(-c4ccc(-c5ccccc5)cc4)n3)c3ccccc23)-c2ccc3ccccc3c21. The van der Waals surface area contributed by atoms with Crippen LogP contribution in [-0.4, -0.2) is 9.97 Å². The highest BCUT2D eigenvalue weighted by Crippen LogP contribution is 2.55. The van der Waals surface area contributed by atoms with Crippen LogP contribution in [0, 0.1) is 0 Å². The molecule has 0 radical (unpaired) electrons. The van der Waals surface area contributed by atoms with E-state index in [0.29, 0.717) is 5.82 Å². The summed E-state index contributed by atoms with van der Waals surface area (Å²) in [5.41, 5.74) is 17.3.